The van der Waals surface area contributed by atoms with E-state index >= 15 is 0 Å². The molecule has 0 N–H and O–H groups in total. The molecule has 1 aromatic carbocycles. The van der Waals surface area contributed by atoms with Gasteiger partial charge in [-0.2, -0.15) is 0 Å². The van der Waals surface area contributed by atoms with Gasteiger partial charge < -0.3 is 9.47 Å². The third-order valence-electron chi connectivity index (χ3n) is 7.52. The van der Waals surface area contributed by atoms with Gasteiger partial charge in [-0.05, 0) is 88.6 Å². The minimum atomic E-state index is 0.121. The third kappa shape index (κ3) is 5.84. The van der Waals surface area contributed by atoms with Crippen LogP contribution in [0.1, 0.15) is 55.2 Å². The van der Waals surface area contributed by atoms with Crippen molar-refractivity contribution in [1.29, 1.82) is 0 Å². The number of halogens is 1. The number of pyridine rings is 3. The van der Waals surface area contributed by atoms with Crippen molar-refractivity contribution in [3.8, 4) is 0 Å². The number of aromatic nitrogens is 3. The van der Waals surface area contributed by atoms with Gasteiger partial charge >= 0.3 is 0 Å². The zero-order chi connectivity index (χ0) is 26.8. The standard InChI is InChI=1S/C31H36BrN5O/c1-21(2)37-19-25(31(38)29-10-8-26(32)15-30(29)37)18-36(17-24-11-12-33-23(4)14-24)28-6-5-13-35(20-28)27-9-7-22(3)34-16-27/h7-12,14-16,19,21,28H,5-6,13,17-18,20H2,1-4H3/t28-/m0/s1. The molecule has 7 heteroatoms. The largest absolute Gasteiger partial charge is 0.369 e. The molecule has 0 unspecified atom stereocenters. The highest BCUT2D eigenvalue weighted by Crippen LogP contribution is 2.26. The van der Waals surface area contributed by atoms with Gasteiger partial charge in [0.1, 0.15) is 0 Å². The SMILES string of the molecule is Cc1ccc(N2CCC[C@H](N(Cc3ccnc(C)c3)Cc3cn(C(C)C)c4cc(Br)ccc4c3=O)C2)cn1. The number of hydrogen-bond acceptors (Lipinski definition) is 5. The van der Waals surface area contributed by atoms with Crippen LogP contribution in [0.5, 0.6) is 0 Å². The van der Waals surface area contributed by atoms with Crippen LogP contribution in [0.25, 0.3) is 10.9 Å². The first-order valence-electron chi connectivity index (χ1n) is 13.4. The molecule has 0 saturated carbocycles. The fraction of sp³-hybridized carbons (Fsp3) is 0.387. The molecule has 1 fully saturated rings. The number of rotatable bonds is 7. The van der Waals surface area contributed by atoms with Crippen LogP contribution in [-0.2, 0) is 13.1 Å². The molecule has 6 nitrogen and oxygen atoms in total. The van der Waals surface area contributed by atoms with Crippen LogP contribution >= 0.6 is 15.9 Å². The van der Waals surface area contributed by atoms with Crippen LogP contribution in [0, 0.1) is 13.8 Å². The molecule has 0 bridgehead atoms. The van der Waals surface area contributed by atoms with Crippen molar-refractivity contribution in [2.24, 2.45) is 0 Å². The summed E-state index contributed by atoms with van der Waals surface area (Å²) in [6.45, 7) is 11.7. The Bertz CT molecular complexity index is 1480. The lowest BCUT2D eigenvalue weighted by Crippen LogP contribution is -2.48. The van der Waals surface area contributed by atoms with Gasteiger partial charge in [0.15, 0.2) is 5.43 Å². The number of hydrogen-bond donors (Lipinski definition) is 0. The molecule has 0 amide bonds. The van der Waals surface area contributed by atoms with E-state index in [2.05, 4.69) is 84.6 Å². The Hall–Kier alpha value is -3.03. The van der Waals surface area contributed by atoms with Gasteiger partial charge in [0.2, 0.25) is 0 Å². The zero-order valence-corrected chi connectivity index (χ0v) is 24.3. The van der Waals surface area contributed by atoms with Crippen molar-refractivity contribution >= 4 is 32.5 Å². The average molecular weight is 575 g/mol. The average Bonchev–Trinajstić information content (AvgIpc) is 2.90. The molecular formula is C31H36BrN5O. The van der Waals surface area contributed by atoms with Crippen molar-refractivity contribution in [1.82, 2.24) is 19.4 Å². The Morgan fingerprint density at radius 1 is 1.05 bits per heavy atom. The Morgan fingerprint density at radius 3 is 2.63 bits per heavy atom. The van der Waals surface area contributed by atoms with Crippen molar-refractivity contribution in [2.45, 2.75) is 65.7 Å². The van der Waals surface area contributed by atoms with Crippen LogP contribution in [0.15, 0.2) is 70.3 Å². The maximum atomic E-state index is 13.8. The number of aryl methyl sites for hydroxylation is 2. The smallest absolute Gasteiger partial charge is 0.193 e. The lowest BCUT2D eigenvalue weighted by molar-refractivity contribution is 0.158. The molecule has 1 saturated heterocycles. The van der Waals surface area contributed by atoms with Gasteiger partial charge in [0, 0.05) is 77.5 Å². The van der Waals surface area contributed by atoms with E-state index in [1.54, 1.807) is 0 Å². The highest BCUT2D eigenvalue weighted by molar-refractivity contribution is 9.10. The minimum absolute atomic E-state index is 0.121. The molecule has 4 aromatic rings. The number of fused-ring (bicyclic) bond motifs is 1. The summed E-state index contributed by atoms with van der Waals surface area (Å²) in [5.74, 6) is 0. The predicted octanol–water partition coefficient (Wildman–Crippen LogP) is 6.42. The van der Waals surface area contributed by atoms with E-state index in [0.717, 1.165) is 64.8 Å². The first kappa shape index (κ1) is 26.6. The Labute approximate surface area is 233 Å². The molecule has 1 atom stereocenters. The molecule has 5 rings (SSSR count). The molecule has 3 aromatic heterocycles. The molecule has 0 spiro atoms. The lowest BCUT2D eigenvalue weighted by Gasteiger charge is -2.40. The molecule has 4 heterocycles. The normalized spacial score (nSPS) is 16.1. The fourth-order valence-electron chi connectivity index (χ4n) is 5.52. The van der Waals surface area contributed by atoms with Crippen LogP contribution < -0.4 is 10.3 Å². The molecule has 38 heavy (non-hydrogen) atoms. The van der Waals surface area contributed by atoms with Gasteiger partial charge in [-0.15, -0.1) is 0 Å². The van der Waals surface area contributed by atoms with Crippen molar-refractivity contribution in [2.75, 3.05) is 18.0 Å². The quantitative estimate of drug-likeness (QED) is 0.255. The van der Waals surface area contributed by atoms with Crippen molar-refractivity contribution in [3.63, 3.8) is 0 Å². The number of nitrogens with zero attached hydrogens (tertiary/aromatic N) is 5. The van der Waals surface area contributed by atoms with Crippen LogP contribution in [0.2, 0.25) is 0 Å². The van der Waals surface area contributed by atoms with E-state index in [1.807, 2.05) is 44.4 Å². The topological polar surface area (TPSA) is 54.3 Å². The van der Waals surface area contributed by atoms with Gasteiger partial charge in [-0.3, -0.25) is 19.7 Å². The van der Waals surface area contributed by atoms with Gasteiger partial charge in [-0.1, -0.05) is 15.9 Å². The van der Waals surface area contributed by atoms with Gasteiger partial charge in [-0.25, -0.2) is 0 Å². The van der Waals surface area contributed by atoms with E-state index in [9.17, 15) is 4.79 Å². The fourth-order valence-corrected chi connectivity index (χ4v) is 5.87. The zero-order valence-electron chi connectivity index (χ0n) is 22.7. The first-order chi connectivity index (χ1) is 18.3. The highest BCUT2D eigenvalue weighted by Gasteiger charge is 2.27. The molecule has 0 radical (unpaired) electrons. The molecule has 1 aliphatic rings. The summed E-state index contributed by atoms with van der Waals surface area (Å²) in [7, 11) is 0. The Morgan fingerprint density at radius 2 is 1.89 bits per heavy atom. The second-order valence-corrected chi connectivity index (χ2v) is 11.7. The predicted molar refractivity (Wildman–Crippen MR) is 159 cm³/mol. The van der Waals surface area contributed by atoms with Gasteiger partial charge in [0.25, 0.3) is 0 Å². The summed E-state index contributed by atoms with van der Waals surface area (Å²) in [5, 5.41) is 0.773. The lowest BCUT2D eigenvalue weighted by atomic mass is 10.0. The maximum Gasteiger partial charge on any atom is 0.193 e. The van der Waals surface area contributed by atoms with E-state index in [4.69, 9.17) is 0 Å². The Balaban J connectivity index is 1.52. The van der Waals surface area contributed by atoms with Crippen molar-refractivity contribution < 1.29 is 0 Å². The Kier molecular flexibility index (Phi) is 7.96. The monoisotopic (exact) mass is 573 g/mol. The molecule has 1 aliphatic heterocycles. The number of piperidine rings is 1. The summed E-state index contributed by atoms with van der Waals surface area (Å²) in [5.41, 5.74) is 6.36. The third-order valence-corrected chi connectivity index (χ3v) is 8.01. The van der Waals surface area contributed by atoms with Gasteiger partial charge in [0.05, 0.1) is 17.4 Å². The van der Waals surface area contributed by atoms with Crippen LogP contribution in [-0.4, -0.2) is 38.6 Å². The number of anilines is 1. The second kappa shape index (κ2) is 11.4. The summed E-state index contributed by atoms with van der Waals surface area (Å²) in [6.07, 6.45) is 8.15. The summed E-state index contributed by atoms with van der Waals surface area (Å²) in [4.78, 5) is 27.6. The van der Waals surface area contributed by atoms with E-state index in [-0.39, 0.29) is 11.5 Å². The van der Waals surface area contributed by atoms with E-state index in [1.165, 1.54) is 11.3 Å². The summed E-state index contributed by atoms with van der Waals surface area (Å²) in [6, 6.07) is 15.0. The summed E-state index contributed by atoms with van der Waals surface area (Å²) >= 11 is 3.58. The molecular weight excluding hydrogens is 538 g/mol. The van der Waals surface area contributed by atoms with Crippen LogP contribution in [0.4, 0.5) is 5.69 Å². The van der Waals surface area contributed by atoms with Crippen LogP contribution in [0.3, 0.4) is 0 Å². The summed E-state index contributed by atoms with van der Waals surface area (Å²) < 4.78 is 3.21. The minimum Gasteiger partial charge on any atom is -0.369 e. The highest BCUT2D eigenvalue weighted by atomic mass is 79.9. The number of benzene rings is 1. The second-order valence-electron chi connectivity index (χ2n) is 10.8. The first-order valence-corrected chi connectivity index (χ1v) is 14.2. The van der Waals surface area contributed by atoms with Crippen molar-refractivity contribution in [3.05, 3.63) is 98.3 Å². The van der Waals surface area contributed by atoms with E-state index < -0.39 is 0 Å². The van der Waals surface area contributed by atoms with E-state index in [0.29, 0.717) is 12.6 Å². The maximum absolute atomic E-state index is 13.8. The molecule has 0 aliphatic carbocycles. The molecule has 198 valence electrons.